The highest BCUT2D eigenvalue weighted by molar-refractivity contribution is 7.30. The molecule has 0 heterocycles. The second-order valence-corrected chi connectivity index (χ2v) is 20.0. The molecule has 0 unspecified atom stereocenters. The zero-order chi connectivity index (χ0) is 21.8. The number of halogens is 2. The Morgan fingerprint density at radius 1 is 0.500 bits per heavy atom. The number of hydrogen-bond donors (Lipinski definition) is 0. The van der Waals surface area contributed by atoms with Crippen molar-refractivity contribution in [2.24, 2.45) is 0 Å². The number of fused-ring (bicyclic) bond motifs is 2. The zero-order valence-corrected chi connectivity index (χ0v) is 22.5. The fraction of sp³-hybridized carbons (Fsp3) is 0.462. The first kappa shape index (κ1) is 23.8. The Kier molecular flexibility index (Phi) is 8.11. The largest absolute Gasteiger partial charge is 0.188 e. The molecule has 0 bridgehead atoms. The molecule has 0 atom stereocenters. The molecule has 30 heavy (non-hydrogen) atoms. The first-order valence-electron chi connectivity index (χ1n) is 11.8. The molecule has 0 amide bonds. The molecule has 0 saturated carbocycles. The SMILES string of the molecule is CCC[Si](Cl)(CCC)c1c2ccccc2c([Si](Cl)(CCC)CCC)c2ccccc12. The molecule has 0 radical (unpaired) electrons. The van der Waals surface area contributed by atoms with Gasteiger partial charge in [-0.25, -0.2) is 0 Å². The highest BCUT2D eigenvalue weighted by Gasteiger charge is 2.39. The van der Waals surface area contributed by atoms with Crippen molar-refractivity contribution < 1.29 is 0 Å². The summed E-state index contributed by atoms with van der Waals surface area (Å²) in [5, 5.41) is 8.42. The second-order valence-electron chi connectivity index (χ2n) is 8.77. The summed E-state index contributed by atoms with van der Waals surface area (Å²) in [7, 11) is -4.26. The zero-order valence-electron chi connectivity index (χ0n) is 19.0. The van der Waals surface area contributed by atoms with Gasteiger partial charge in [0.05, 0.1) is 0 Å². The average molecular weight is 476 g/mol. The molecule has 0 aliphatic rings. The maximum absolute atomic E-state index is 7.63. The van der Waals surface area contributed by atoms with Crippen LogP contribution in [-0.4, -0.2) is 14.8 Å². The molecule has 0 aliphatic carbocycles. The Bertz CT molecular complexity index is 850. The monoisotopic (exact) mass is 474 g/mol. The summed E-state index contributed by atoms with van der Waals surface area (Å²) in [5.74, 6) is 0. The number of hydrogen-bond acceptors (Lipinski definition) is 0. The van der Waals surface area contributed by atoms with E-state index >= 15 is 0 Å². The van der Waals surface area contributed by atoms with E-state index in [1.807, 2.05) is 0 Å². The van der Waals surface area contributed by atoms with Crippen molar-refractivity contribution >= 4 is 68.8 Å². The molecule has 0 nitrogen and oxygen atoms in total. The summed E-state index contributed by atoms with van der Waals surface area (Å²) < 4.78 is 0. The Labute approximate surface area is 194 Å². The van der Waals surface area contributed by atoms with Crippen molar-refractivity contribution in [3.05, 3.63) is 48.5 Å². The first-order chi connectivity index (χ1) is 14.5. The van der Waals surface area contributed by atoms with Crippen LogP contribution in [0.2, 0.25) is 24.2 Å². The van der Waals surface area contributed by atoms with Gasteiger partial charge in [0.1, 0.15) is 0 Å². The van der Waals surface area contributed by atoms with E-state index in [9.17, 15) is 0 Å². The fourth-order valence-corrected chi connectivity index (χ4v) is 16.4. The van der Waals surface area contributed by atoms with Crippen molar-refractivity contribution in [2.75, 3.05) is 0 Å². The van der Waals surface area contributed by atoms with Gasteiger partial charge in [-0.1, -0.05) is 102 Å². The lowest BCUT2D eigenvalue weighted by Crippen LogP contribution is -2.47. The van der Waals surface area contributed by atoms with Gasteiger partial charge in [0.2, 0.25) is 0 Å². The Morgan fingerprint density at radius 3 is 0.933 bits per heavy atom. The second kappa shape index (κ2) is 10.2. The third kappa shape index (κ3) is 4.39. The minimum atomic E-state index is -2.13. The molecule has 0 saturated heterocycles. The van der Waals surface area contributed by atoms with Crippen LogP contribution in [0.4, 0.5) is 0 Å². The molecule has 3 rings (SSSR count). The van der Waals surface area contributed by atoms with Gasteiger partial charge in [-0.3, -0.25) is 0 Å². The lowest BCUT2D eigenvalue weighted by molar-refractivity contribution is 1.01. The van der Waals surface area contributed by atoms with Crippen LogP contribution in [-0.2, 0) is 0 Å². The van der Waals surface area contributed by atoms with E-state index in [4.69, 9.17) is 22.2 Å². The highest BCUT2D eigenvalue weighted by atomic mass is 35.6. The lowest BCUT2D eigenvalue weighted by Gasteiger charge is -2.32. The third-order valence-electron chi connectivity index (χ3n) is 6.41. The van der Waals surface area contributed by atoms with Crippen molar-refractivity contribution in [2.45, 2.75) is 77.6 Å². The van der Waals surface area contributed by atoms with Crippen LogP contribution in [0.3, 0.4) is 0 Å². The summed E-state index contributed by atoms with van der Waals surface area (Å²) in [6.07, 6.45) is 4.56. The molecule has 162 valence electrons. The van der Waals surface area contributed by atoms with Crippen LogP contribution in [0.1, 0.15) is 53.4 Å². The summed E-state index contributed by atoms with van der Waals surface area (Å²) >= 11 is 15.3. The average Bonchev–Trinajstić information content (AvgIpc) is 2.72. The predicted octanol–water partition coefficient (Wildman–Crippen LogP) is 8.42. The van der Waals surface area contributed by atoms with Gasteiger partial charge in [0.25, 0.3) is 0 Å². The van der Waals surface area contributed by atoms with Crippen LogP contribution in [0.25, 0.3) is 21.5 Å². The number of benzene rings is 3. The topological polar surface area (TPSA) is 0 Å². The fourth-order valence-electron chi connectivity index (χ4n) is 5.43. The van der Waals surface area contributed by atoms with Gasteiger partial charge < -0.3 is 0 Å². The summed E-state index contributed by atoms with van der Waals surface area (Å²) in [5.41, 5.74) is 0. The minimum Gasteiger partial charge on any atom is -0.161 e. The van der Waals surface area contributed by atoms with E-state index < -0.39 is 14.8 Å². The maximum atomic E-state index is 7.63. The highest BCUT2D eigenvalue weighted by Crippen LogP contribution is 2.35. The standard InChI is InChI=1S/C26H36Cl2Si2/c1-5-17-29(27,18-6-2)25-21-13-9-11-15-23(21)26(24-16-12-10-14-22(24)25)30(28,19-7-3)20-8-4/h9-16H,5-8,17-20H2,1-4H3. The molecule has 0 fully saturated rings. The van der Waals surface area contributed by atoms with Crippen LogP contribution in [0, 0.1) is 0 Å². The van der Waals surface area contributed by atoms with Gasteiger partial charge in [-0.05, 0) is 56.1 Å². The molecule has 3 aromatic rings. The van der Waals surface area contributed by atoms with E-state index in [1.165, 1.54) is 31.9 Å². The first-order valence-corrected chi connectivity index (χ1v) is 18.6. The van der Waals surface area contributed by atoms with Gasteiger partial charge in [0, 0.05) is 0 Å². The van der Waals surface area contributed by atoms with E-state index in [1.54, 1.807) is 0 Å². The molecule has 0 spiro atoms. The van der Waals surface area contributed by atoms with Crippen LogP contribution >= 0.6 is 22.2 Å². The van der Waals surface area contributed by atoms with E-state index in [0.29, 0.717) is 0 Å². The minimum absolute atomic E-state index is 1.13. The van der Waals surface area contributed by atoms with Crippen molar-refractivity contribution in [3.63, 3.8) is 0 Å². The Hall–Kier alpha value is -0.806. The van der Waals surface area contributed by atoms with Crippen molar-refractivity contribution in [1.29, 1.82) is 0 Å². The van der Waals surface area contributed by atoms with Crippen LogP contribution in [0.15, 0.2) is 48.5 Å². The van der Waals surface area contributed by atoms with Gasteiger partial charge >= 0.3 is 0 Å². The summed E-state index contributed by atoms with van der Waals surface area (Å²) in [6, 6.07) is 22.5. The van der Waals surface area contributed by atoms with E-state index in [2.05, 4.69) is 76.2 Å². The number of rotatable bonds is 10. The van der Waals surface area contributed by atoms with Gasteiger partial charge in [-0.15, -0.1) is 0 Å². The van der Waals surface area contributed by atoms with Crippen molar-refractivity contribution in [1.82, 2.24) is 0 Å². The normalized spacial score (nSPS) is 12.7. The smallest absolute Gasteiger partial charge is 0.161 e. The molecule has 0 aliphatic heterocycles. The Morgan fingerprint density at radius 2 is 0.733 bits per heavy atom. The maximum Gasteiger partial charge on any atom is 0.188 e. The van der Waals surface area contributed by atoms with E-state index in [0.717, 1.165) is 49.9 Å². The van der Waals surface area contributed by atoms with Gasteiger partial charge in [-0.2, -0.15) is 22.2 Å². The predicted molar refractivity (Wildman–Crippen MR) is 144 cm³/mol. The molecular weight excluding hydrogens is 439 g/mol. The van der Waals surface area contributed by atoms with Crippen LogP contribution in [0.5, 0.6) is 0 Å². The van der Waals surface area contributed by atoms with E-state index in [-0.39, 0.29) is 0 Å². The summed E-state index contributed by atoms with van der Waals surface area (Å²) in [6.45, 7) is 9.10. The molecule has 4 heteroatoms. The molecular formula is C26H36Cl2Si2. The van der Waals surface area contributed by atoms with Crippen molar-refractivity contribution in [3.8, 4) is 0 Å². The lowest BCUT2D eigenvalue weighted by atomic mass is 10.0. The van der Waals surface area contributed by atoms with Crippen LogP contribution < -0.4 is 10.4 Å². The molecule has 0 aromatic heterocycles. The Balaban J connectivity index is 2.50. The third-order valence-corrected chi connectivity index (χ3v) is 17.9. The quantitative estimate of drug-likeness (QED) is 0.157. The molecule has 3 aromatic carbocycles. The molecule has 0 N–H and O–H groups in total. The summed E-state index contributed by atoms with van der Waals surface area (Å²) in [4.78, 5) is 0. The van der Waals surface area contributed by atoms with Gasteiger partial charge in [0.15, 0.2) is 14.8 Å².